The van der Waals surface area contributed by atoms with Gasteiger partial charge in [0.2, 0.25) is 0 Å². The van der Waals surface area contributed by atoms with Gasteiger partial charge in [0.1, 0.15) is 11.6 Å². The van der Waals surface area contributed by atoms with Crippen molar-refractivity contribution in [3.05, 3.63) is 47.3 Å². The van der Waals surface area contributed by atoms with Gasteiger partial charge in [0.25, 0.3) is 0 Å². The molecule has 0 bridgehead atoms. The maximum Gasteiger partial charge on any atom is 0.128 e. The lowest BCUT2D eigenvalue weighted by molar-refractivity contribution is 0.583. The molecule has 0 atom stereocenters. The molecule has 1 aromatic carbocycles. The molecule has 0 spiro atoms. The van der Waals surface area contributed by atoms with Crippen LogP contribution in [0.15, 0.2) is 24.3 Å². The van der Waals surface area contributed by atoms with Crippen LogP contribution in [-0.4, -0.2) is 9.78 Å². The number of aromatic nitrogens is 2. The van der Waals surface area contributed by atoms with Crippen molar-refractivity contribution in [1.82, 2.24) is 9.78 Å². The highest BCUT2D eigenvalue weighted by atomic mass is 19.1. The monoisotopic (exact) mass is 265 g/mol. The van der Waals surface area contributed by atoms with Crippen molar-refractivity contribution in [2.45, 2.75) is 33.4 Å². The van der Waals surface area contributed by atoms with Crippen LogP contribution < -0.4 is 5.32 Å². The van der Waals surface area contributed by atoms with Gasteiger partial charge < -0.3 is 5.32 Å². The van der Waals surface area contributed by atoms with Gasteiger partial charge in [-0.15, -0.1) is 0 Å². The topological polar surface area (TPSA) is 29.9 Å². The highest BCUT2D eigenvalue weighted by molar-refractivity contribution is 5.44. The third-order valence-corrected chi connectivity index (χ3v) is 2.91. The lowest BCUT2D eigenvalue weighted by Gasteiger charge is -2.08. The van der Waals surface area contributed by atoms with Crippen LogP contribution in [0.3, 0.4) is 0 Å². The third kappa shape index (κ3) is 3.30. The molecule has 0 radical (unpaired) electrons. The lowest BCUT2D eigenvalue weighted by atomic mass is 10.2. The minimum absolute atomic E-state index is 0.430. The Morgan fingerprint density at radius 1 is 1.11 bits per heavy atom. The first-order chi connectivity index (χ1) is 9.12. The summed E-state index contributed by atoms with van der Waals surface area (Å²) in [5, 5.41) is 7.44. The number of halogens is 2. The van der Waals surface area contributed by atoms with E-state index in [9.17, 15) is 8.78 Å². The standard InChI is InChI=1S/C14H17F2N3/c1-3-12-8-14(19(4-2)18-12)9-17-13-6-10(15)5-11(16)7-13/h5-8,17H,3-4,9H2,1-2H3. The fourth-order valence-electron chi connectivity index (χ4n) is 1.95. The summed E-state index contributed by atoms with van der Waals surface area (Å²) < 4.78 is 28.0. The van der Waals surface area contributed by atoms with Gasteiger partial charge in [-0.3, -0.25) is 4.68 Å². The van der Waals surface area contributed by atoms with Crippen LogP contribution in [0.2, 0.25) is 0 Å². The lowest BCUT2D eigenvalue weighted by Crippen LogP contribution is -2.08. The zero-order valence-corrected chi connectivity index (χ0v) is 11.1. The molecule has 0 saturated heterocycles. The summed E-state index contributed by atoms with van der Waals surface area (Å²) in [4.78, 5) is 0. The Kier molecular flexibility index (Phi) is 4.14. The van der Waals surface area contributed by atoms with E-state index in [1.165, 1.54) is 12.1 Å². The Morgan fingerprint density at radius 2 is 1.79 bits per heavy atom. The molecule has 102 valence electrons. The van der Waals surface area contributed by atoms with Crippen molar-refractivity contribution in [2.75, 3.05) is 5.32 Å². The molecule has 0 aliphatic carbocycles. The molecule has 0 aliphatic heterocycles. The summed E-state index contributed by atoms with van der Waals surface area (Å²) in [5.74, 6) is -1.17. The first-order valence-corrected chi connectivity index (χ1v) is 6.38. The van der Waals surface area contributed by atoms with E-state index in [1.54, 1.807) is 0 Å². The Morgan fingerprint density at radius 3 is 2.37 bits per heavy atom. The molecule has 1 N–H and O–H groups in total. The third-order valence-electron chi connectivity index (χ3n) is 2.91. The van der Waals surface area contributed by atoms with E-state index >= 15 is 0 Å². The fraction of sp³-hybridized carbons (Fsp3) is 0.357. The molecule has 5 heteroatoms. The Balaban J connectivity index is 2.11. The number of hydrogen-bond acceptors (Lipinski definition) is 2. The van der Waals surface area contributed by atoms with Gasteiger partial charge in [-0.2, -0.15) is 5.10 Å². The Hall–Kier alpha value is -1.91. The molecule has 19 heavy (non-hydrogen) atoms. The van der Waals surface area contributed by atoms with Crippen LogP contribution in [0.4, 0.5) is 14.5 Å². The van der Waals surface area contributed by atoms with Gasteiger partial charge in [-0.05, 0) is 31.5 Å². The van der Waals surface area contributed by atoms with Crippen molar-refractivity contribution in [3.63, 3.8) is 0 Å². The van der Waals surface area contributed by atoms with E-state index in [-0.39, 0.29) is 0 Å². The van der Waals surface area contributed by atoms with Crippen molar-refractivity contribution < 1.29 is 8.78 Å². The van der Waals surface area contributed by atoms with Crippen LogP contribution in [-0.2, 0) is 19.5 Å². The van der Waals surface area contributed by atoms with Crippen LogP contribution >= 0.6 is 0 Å². The summed E-state index contributed by atoms with van der Waals surface area (Å²) in [6.07, 6.45) is 0.870. The smallest absolute Gasteiger partial charge is 0.128 e. The fourth-order valence-corrected chi connectivity index (χ4v) is 1.95. The van der Waals surface area contributed by atoms with Gasteiger partial charge in [0, 0.05) is 18.3 Å². The summed E-state index contributed by atoms with van der Waals surface area (Å²) >= 11 is 0. The molecule has 1 heterocycles. The van der Waals surface area contributed by atoms with Crippen LogP contribution in [0.5, 0.6) is 0 Å². The molecular weight excluding hydrogens is 248 g/mol. The van der Waals surface area contributed by atoms with Crippen LogP contribution in [0.25, 0.3) is 0 Å². The molecule has 0 saturated carbocycles. The number of nitrogens with one attached hydrogen (secondary N) is 1. The maximum absolute atomic E-state index is 13.1. The number of benzene rings is 1. The van der Waals surface area contributed by atoms with E-state index in [0.29, 0.717) is 12.2 Å². The molecule has 0 amide bonds. The quantitative estimate of drug-likeness (QED) is 0.898. The first-order valence-electron chi connectivity index (χ1n) is 6.38. The molecule has 2 aromatic rings. The summed E-state index contributed by atoms with van der Waals surface area (Å²) in [6, 6.07) is 5.41. The summed E-state index contributed by atoms with van der Waals surface area (Å²) in [7, 11) is 0. The van der Waals surface area contributed by atoms with E-state index in [2.05, 4.69) is 10.4 Å². The van der Waals surface area contributed by atoms with Crippen molar-refractivity contribution in [3.8, 4) is 0 Å². The molecule has 1 aromatic heterocycles. The van der Waals surface area contributed by atoms with E-state index in [1.807, 2.05) is 24.6 Å². The second kappa shape index (κ2) is 5.82. The van der Waals surface area contributed by atoms with Gasteiger partial charge in [0.05, 0.1) is 17.9 Å². The average molecular weight is 265 g/mol. The van der Waals surface area contributed by atoms with E-state index in [0.717, 1.165) is 30.4 Å². The molecule has 0 unspecified atom stereocenters. The van der Waals surface area contributed by atoms with Gasteiger partial charge >= 0.3 is 0 Å². The molecule has 3 nitrogen and oxygen atoms in total. The number of hydrogen-bond donors (Lipinski definition) is 1. The van der Waals surface area contributed by atoms with E-state index in [4.69, 9.17) is 0 Å². The predicted octanol–water partition coefficient (Wildman–Crippen LogP) is 3.36. The molecule has 0 fully saturated rings. The zero-order chi connectivity index (χ0) is 13.8. The minimum Gasteiger partial charge on any atom is -0.379 e. The zero-order valence-electron chi connectivity index (χ0n) is 11.1. The molecule has 0 aliphatic rings. The highest BCUT2D eigenvalue weighted by Crippen LogP contribution is 2.14. The molecule has 2 rings (SSSR count). The number of anilines is 1. The van der Waals surface area contributed by atoms with Gasteiger partial charge in [-0.1, -0.05) is 6.92 Å². The highest BCUT2D eigenvalue weighted by Gasteiger charge is 2.06. The van der Waals surface area contributed by atoms with E-state index < -0.39 is 11.6 Å². The van der Waals surface area contributed by atoms with Crippen molar-refractivity contribution in [2.24, 2.45) is 0 Å². The number of nitrogens with zero attached hydrogens (tertiary/aromatic N) is 2. The number of rotatable bonds is 5. The predicted molar refractivity (Wildman–Crippen MR) is 71.0 cm³/mol. The maximum atomic E-state index is 13.1. The Bertz CT molecular complexity index is 544. The van der Waals surface area contributed by atoms with Gasteiger partial charge in [-0.25, -0.2) is 8.78 Å². The van der Waals surface area contributed by atoms with Crippen LogP contribution in [0, 0.1) is 11.6 Å². The van der Waals surface area contributed by atoms with Crippen molar-refractivity contribution in [1.29, 1.82) is 0 Å². The molecular formula is C14H17F2N3. The Labute approximate surface area is 111 Å². The second-order valence-electron chi connectivity index (χ2n) is 4.31. The first kappa shape index (κ1) is 13.5. The average Bonchev–Trinajstić information content (AvgIpc) is 2.77. The van der Waals surface area contributed by atoms with Gasteiger partial charge in [0.15, 0.2) is 0 Å². The largest absolute Gasteiger partial charge is 0.379 e. The summed E-state index contributed by atoms with van der Waals surface area (Å²) in [6.45, 7) is 5.32. The summed E-state index contributed by atoms with van der Waals surface area (Å²) in [5.41, 5.74) is 2.45. The number of aryl methyl sites for hydroxylation is 2. The second-order valence-corrected chi connectivity index (χ2v) is 4.31. The van der Waals surface area contributed by atoms with Crippen molar-refractivity contribution >= 4 is 5.69 Å². The minimum atomic E-state index is -0.583. The van der Waals surface area contributed by atoms with Crippen LogP contribution in [0.1, 0.15) is 25.2 Å². The normalized spacial score (nSPS) is 10.7. The SMILES string of the molecule is CCc1cc(CNc2cc(F)cc(F)c2)n(CC)n1.